The van der Waals surface area contributed by atoms with E-state index < -0.39 is 0 Å². The highest BCUT2D eigenvalue weighted by molar-refractivity contribution is 5.35. The summed E-state index contributed by atoms with van der Waals surface area (Å²) in [6.45, 7) is 5.74. The first-order chi connectivity index (χ1) is 10.3. The van der Waals surface area contributed by atoms with Crippen molar-refractivity contribution in [3.05, 3.63) is 34.9 Å². The van der Waals surface area contributed by atoms with Crippen LogP contribution in [0.4, 0.5) is 0 Å². The van der Waals surface area contributed by atoms with Crippen molar-refractivity contribution < 1.29 is 0 Å². The highest BCUT2D eigenvalue weighted by Gasteiger charge is 2.27. The summed E-state index contributed by atoms with van der Waals surface area (Å²) in [6, 6.07) is 7.93. The van der Waals surface area contributed by atoms with Crippen LogP contribution in [-0.4, -0.2) is 6.54 Å². The normalized spacial score (nSPS) is 27.1. The van der Waals surface area contributed by atoms with E-state index >= 15 is 0 Å². The van der Waals surface area contributed by atoms with Crippen LogP contribution in [0.25, 0.3) is 0 Å². The predicted octanol–water partition coefficient (Wildman–Crippen LogP) is 5.04. The molecule has 1 N–H and O–H groups in total. The predicted molar refractivity (Wildman–Crippen MR) is 90.6 cm³/mol. The second-order valence-electron chi connectivity index (χ2n) is 7.29. The molecular weight excluding hydrogens is 254 g/mol. The Morgan fingerprint density at radius 2 is 1.76 bits per heavy atom. The summed E-state index contributed by atoms with van der Waals surface area (Å²) in [5.41, 5.74) is 4.79. The Hall–Kier alpha value is -0.820. The van der Waals surface area contributed by atoms with Crippen LogP contribution >= 0.6 is 0 Å². The maximum atomic E-state index is 3.79. The molecular formula is C20H31N. The molecule has 0 spiro atoms. The number of benzene rings is 1. The van der Waals surface area contributed by atoms with Crippen LogP contribution in [0.3, 0.4) is 0 Å². The summed E-state index contributed by atoms with van der Waals surface area (Å²) in [6.07, 6.45) is 11.0. The van der Waals surface area contributed by atoms with Crippen molar-refractivity contribution in [2.75, 3.05) is 6.54 Å². The lowest BCUT2D eigenvalue weighted by Gasteiger charge is -2.34. The van der Waals surface area contributed by atoms with Gasteiger partial charge in [-0.1, -0.05) is 44.9 Å². The van der Waals surface area contributed by atoms with Crippen LogP contribution in [0.15, 0.2) is 18.2 Å². The minimum Gasteiger partial charge on any atom is -0.310 e. The Labute approximate surface area is 130 Å². The van der Waals surface area contributed by atoms with Crippen molar-refractivity contribution in [1.29, 1.82) is 0 Å². The van der Waals surface area contributed by atoms with Crippen molar-refractivity contribution >= 4 is 0 Å². The number of aryl methyl sites for hydroxylation is 2. The number of fused-ring (bicyclic) bond motifs is 1. The van der Waals surface area contributed by atoms with Gasteiger partial charge in [0, 0.05) is 6.04 Å². The molecule has 2 aliphatic rings. The average Bonchev–Trinajstić information content (AvgIpc) is 2.53. The van der Waals surface area contributed by atoms with E-state index in [1.807, 2.05) is 0 Å². The molecule has 1 nitrogen and oxygen atoms in total. The zero-order valence-electron chi connectivity index (χ0n) is 13.8. The van der Waals surface area contributed by atoms with Gasteiger partial charge in [-0.15, -0.1) is 0 Å². The van der Waals surface area contributed by atoms with E-state index in [1.54, 1.807) is 16.7 Å². The molecule has 0 radical (unpaired) electrons. The second-order valence-corrected chi connectivity index (χ2v) is 7.29. The van der Waals surface area contributed by atoms with Gasteiger partial charge in [0.15, 0.2) is 0 Å². The standard InChI is InChI=1S/C20H31N/c1-3-21-20(17-10-8-15(2)9-11-17)19-13-12-16-6-4-5-7-18(16)14-19/h12-15,17,20-21H,3-11H2,1-2H3. The lowest BCUT2D eigenvalue weighted by molar-refractivity contribution is 0.233. The lowest BCUT2D eigenvalue weighted by Crippen LogP contribution is -2.31. The van der Waals surface area contributed by atoms with E-state index in [9.17, 15) is 0 Å². The average molecular weight is 285 g/mol. The van der Waals surface area contributed by atoms with E-state index in [4.69, 9.17) is 0 Å². The minimum absolute atomic E-state index is 0.578. The van der Waals surface area contributed by atoms with Crippen LogP contribution in [0, 0.1) is 11.8 Å². The van der Waals surface area contributed by atoms with Crippen LogP contribution in [-0.2, 0) is 12.8 Å². The van der Waals surface area contributed by atoms with Gasteiger partial charge in [0.1, 0.15) is 0 Å². The first kappa shape index (κ1) is 15.1. The summed E-state index contributed by atoms with van der Waals surface area (Å²) in [4.78, 5) is 0. The van der Waals surface area contributed by atoms with Crippen molar-refractivity contribution in [1.82, 2.24) is 5.32 Å². The third kappa shape index (κ3) is 3.51. The molecule has 3 rings (SSSR count). The van der Waals surface area contributed by atoms with Gasteiger partial charge >= 0.3 is 0 Å². The fourth-order valence-corrected chi connectivity index (χ4v) is 4.34. The molecule has 1 heteroatoms. The first-order valence-electron chi connectivity index (χ1n) is 9.13. The largest absolute Gasteiger partial charge is 0.310 e. The molecule has 0 heterocycles. The van der Waals surface area contributed by atoms with Crippen molar-refractivity contribution in [3.63, 3.8) is 0 Å². The SMILES string of the molecule is CCNC(c1ccc2c(c1)CCCC2)C1CCC(C)CC1. The van der Waals surface area contributed by atoms with Crippen LogP contribution in [0.5, 0.6) is 0 Å². The van der Waals surface area contributed by atoms with E-state index in [-0.39, 0.29) is 0 Å². The Balaban J connectivity index is 1.79. The molecule has 1 aromatic carbocycles. The summed E-state index contributed by atoms with van der Waals surface area (Å²) >= 11 is 0. The maximum absolute atomic E-state index is 3.79. The highest BCUT2D eigenvalue weighted by atomic mass is 14.9. The zero-order valence-corrected chi connectivity index (χ0v) is 13.8. The second kappa shape index (κ2) is 6.96. The van der Waals surface area contributed by atoms with Gasteiger partial charge in [-0.3, -0.25) is 0 Å². The Bertz CT molecular complexity index is 457. The summed E-state index contributed by atoms with van der Waals surface area (Å²) in [7, 11) is 0. The molecule has 0 bridgehead atoms. The highest BCUT2D eigenvalue weighted by Crippen LogP contribution is 2.37. The summed E-state index contributed by atoms with van der Waals surface area (Å²) in [5, 5.41) is 3.79. The molecule has 21 heavy (non-hydrogen) atoms. The molecule has 1 atom stereocenters. The van der Waals surface area contributed by atoms with Gasteiger partial charge in [0.2, 0.25) is 0 Å². The van der Waals surface area contributed by atoms with E-state index in [0.717, 1.165) is 18.4 Å². The third-order valence-electron chi connectivity index (χ3n) is 5.69. The molecule has 1 unspecified atom stereocenters. The molecule has 1 fully saturated rings. The Morgan fingerprint density at radius 3 is 2.48 bits per heavy atom. The smallest absolute Gasteiger partial charge is 0.0348 e. The number of hydrogen-bond acceptors (Lipinski definition) is 1. The first-order valence-corrected chi connectivity index (χ1v) is 9.13. The summed E-state index contributed by atoms with van der Waals surface area (Å²) < 4.78 is 0. The van der Waals surface area contributed by atoms with Crippen molar-refractivity contribution in [3.8, 4) is 0 Å². The molecule has 1 saturated carbocycles. The maximum Gasteiger partial charge on any atom is 0.0348 e. The van der Waals surface area contributed by atoms with Gasteiger partial charge in [-0.25, -0.2) is 0 Å². The fourth-order valence-electron chi connectivity index (χ4n) is 4.34. The van der Waals surface area contributed by atoms with Gasteiger partial charge in [-0.05, 0) is 73.6 Å². The van der Waals surface area contributed by atoms with Crippen molar-refractivity contribution in [2.45, 2.75) is 71.3 Å². The molecule has 2 aliphatic carbocycles. The zero-order chi connectivity index (χ0) is 14.7. The molecule has 116 valence electrons. The van der Waals surface area contributed by atoms with Gasteiger partial charge in [0.05, 0.1) is 0 Å². The Kier molecular flexibility index (Phi) is 5.00. The topological polar surface area (TPSA) is 12.0 Å². The summed E-state index contributed by atoms with van der Waals surface area (Å²) in [5.74, 6) is 1.77. The van der Waals surface area contributed by atoms with E-state index in [0.29, 0.717) is 6.04 Å². The molecule has 0 amide bonds. The van der Waals surface area contributed by atoms with Crippen molar-refractivity contribution in [2.24, 2.45) is 11.8 Å². The van der Waals surface area contributed by atoms with Gasteiger partial charge < -0.3 is 5.32 Å². The minimum atomic E-state index is 0.578. The Morgan fingerprint density at radius 1 is 1.05 bits per heavy atom. The van der Waals surface area contributed by atoms with E-state index in [1.165, 1.54) is 51.4 Å². The van der Waals surface area contributed by atoms with Gasteiger partial charge in [0.25, 0.3) is 0 Å². The molecule has 0 aromatic heterocycles. The van der Waals surface area contributed by atoms with Crippen LogP contribution in [0.1, 0.15) is 75.1 Å². The molecule has 0 aliphatic heterocycles. The van der Waals surface area contributed by atoms with Gasteiger partial charge in [-0.2, -0.15) is 0 Å². The monoisotopic (exact) mass is 285 g/mol. The lowest BCUT2D eigenvalue weighted by atomic mass is 9.76. The quantitative estimate of drug-likeness (QED) is 0.817. The third-order valence-corrected chi connectivity index (χ3v) is 5.69. The molecule has 1 aromatic rings. The number of hydrogen-bond donors (Lipinski definition) is 1. The fraction of sp³-hybridized carbons (Fsp3) is 0.700. The molecule has 0 saturated heterocycles. The van der Waals surface area contributed by atoms with Crippen LogP contribution < -0.4 is 5.32 Å². The number of rotatable bonds is 4. The van der Waals surface area contributed by atoms with Crippen LogP contribution in [0.2, 0.25) is 0 Å². The van der Waals surface area contributed by atoms with E-state index in [2.05, 4.69) is 37.4 Å². The number of nitrogens with one attached hydrogen (secondary N) is 1.